The van der Waals surface area contributed by atoms with Crippen LogP contribution in [0.2, 0.25) is 0 Å². The second-order valence-corrected chi connectivity index (χ2v) is 8.85. The number of hydrogen-bond donors (Lipinski definition) is 1. The number of rotatable bonds is 6. The van der Waals surface area contributed by atoms with Crippen LogP contribution in [0.5, 0.6) is 0 Å². The van der Waals surface area contributed by atoms with Gasteiger partial charge in [0.15, 0.2) is 0 Å². The Kier molecular flexibility index (Phi) is 5.93. The minimum atomic E-state index is -4.00. The van der Waals surface area contributed by atoms with Gasteiger partial charge in [0.1, 0.15) is 0 Å². The van der Waals surface area contributed by atoms with Crippen LogP contribution in [0.3, 0.4) is 0 Å². The van der Waals surface area contributed by atoms with E-state index in [9.17, 15) is 18.5 Å². The molecule has 0 spiro atoms. The van der Waals surface area contributed by atoms with E-state index in [2.05, 4.69) is 20.7 Å². The lowest BCUT2D eigenvalue weighted by molar-refractivity contribution is -0.385. The smallest absolute Gasteiger partial charge is 0.258 e. The number of nitrogens with zero attached hydrogens (tertiary/aromatic N) is 1. The Morgan fingerprint density at radius 3 is 2.18 bits per heavy atom. The van der Waals surface area contributed by atoms with Gasteiger partial charge in [0.2, 0.25) is 10.0 Å². The minimum absolute atomic E-state index is 0.150. The molecule has 144 valence electrons. The van der Waals surface area contributed by atoms with Crippen molar-refractivity contribution in [3.63, 3.8) is 0 Å². The summed E-state index contributed by atoms with van der Waals surface area (Å²) in [5, 5.41) is 11.2. The largest absolute Gasteiger partial charge is 0.273 e. The lowest BCUT2D eigenvalue weighted by Crippen LogP contribution is -2.29. The number of aryl methyl sites for hydroxylation is 1. The third-order valence-electron chi connectivity index (χ3n) is 4.30. The molecule has 1 unspecified atom stereocenters. The van der Waals surface area contributed by atoms with Crippen LogP contribution in [0.1, 0.15) is 22.7 Å². The molecule has 0 bridgehead atoms. The highest BCUT2D eigenvalue weighted by molar-refractivity contribution is 9.10. The first-order valence-corrected chi connectivity index (χ1v) is 10.6. The van der Waals surface area contributed by atoms with Crippen molar-refractivity contribution in [3.8, 4) is 0 Å². The van der Waals surface area contributed by atoms with Crippen molar-refractivity contribution in [1.82, 2.24) is 4.72 Å². The van der Waals surface area contributed by atoms with Gasteiger partial charge >= 0.3 is 0 Å². The molecule has 0 heterocycles. The van der Waals surface area contributed by atoms with E-state index in [0.717, 1.165) is 21.7 Å². The summed E-state index contributed by atoms with van der Waals surface area (Å²) in [6.45, 7) is 1.57. The zero-order chi connectivity index (χ0) is 20.3. The predicted molar refractivity (Wildman–Crippen MR) is 111 cm³/mol. The first-order chi connectivity index (χ1) is 13.3. The van der Waals surface area contributed by atoms with Crippen LogP contribution in [-0.2, 0) is 10.0 Å². The van der Waals surface area contributed by atoms with Crippen molar-refractivity contribution in [2.24, 2.45) is 0 Å². The van der Waals surface area contributed by atoms with E-state index < -0.39 is 21.0 Å². The molecule has 6 nitrogen and oxygen atoms in total. The number of hydrogen-bond acceptors (Lipinski definition) is 4. The van der Waals surface area contributed by atoms with Gasteiger partial charge < -0.3 is 0 Å². The lowest BCUT2D eigenvalue weighted by atomic mass is 10.00. The normalized spacial score (nSPS) is 12.5. The van der Waals surface area contributed by atoms with E-state index in [1.165, 1.54) is 12.1 Å². The van der Waals surface area contributed by atoms with Crippen molar-refractivity contribution in [2.45, 2.75) is 17.9 Å². The zero-order valence-corrected chi connectivity index (χ0v) is 17.3. The van der Waals surface area contributed by atoms with Gasteiger partial charge in [-0.2, -0.15) is 4.72 Å². The third-order valence-corrected chi connectivity index (χ3v) is 6.25. The Morgan fingerprint density at radius 2 is 1.57 bits per heavy atom. The summed E-state index contributed by atoms with van der Waals surface area (Å²) in [4.78, 5) is 10.4. The summed E-state index contributed by atoms with van der Waals surface area (Å²) in [7, 11) is -4.00. The van der Waals surface area contributed by atoms with E-state index in [0.29, 0.717) is 5.56 Å². The van der Waals surface area contributed by atoms with Crippen molar-refractivity contribution in [1.29, 1.82) is 0 Å². The molecule has 3 aromatic rings. The fourth-order valence-electron chi connectivity index (χ4n) is 2.81. The van der Waals surface area contributed by atoms with Crippen LogP contribution in [0.4, 0.5) is 5.69 Å². The SMILES string of the molecule is Cc1ccc(S(=O)(=O)NC(c2ccccc2)c2ccc(Br)cc2)cc1[N+](=O)[O-]. The number of benzene rings is 3. The molecule has 1 atom stereocenters. The number of halogens is 1. The van der Waals surface area contributed by atoms with Gasteiger partial charge in [0.25, 0.3) is 5.69 Å². The van der Waals surface area contributed by atoms with E-state index >= 15 is 0 Å². The molecule has 0 aliphatic heterocycles. The molecule has 0 aliphatic carbocycles. The van der Waals surface area contributed by atoms with E-state index in [4.69, 9.17) is 0 Å². The number of nitrogens with one attached hydrogen (secondary N) is 1. The van der Waals surface area contributed by atoms with Crippen molar-refractivity contribution in [2.75, 3.05) is 0 Å². The molecule has 3 rings (SSSR count). The third kappa shape index (κ3) is 4.46. The molecule has 0 amide bonds. The molecule has 0 aromatic heterocycles. The molecule has 0 fully saturated rings. The van der Waals surface area contributed by atoms with Crippen LogP contribution in [0.25, 0.3) is 0 Å². The van der Waals surface area contributed by atoms with Crippen LogP contribution < -0.4 is 4.72 Å². The van der Waals surface area contributed by atoms with Gasteiger partial charge in [0, 0.05) is 16.1 Å². The zero-order valence-electron chi connectivity index (χ0n) is 14.9. The topological polar surface area (TPSA) is 89.3 Å². The molecule has 0 saturated carbocycles. The molecule has 28 heavy (non-hydrogen) atoms. The Morgan fingerprint density at radius 1 is 0.964 bits per heavy atom. The van der Waals surface area contributed by atoms with Gasteiger partial charge in [-0.25, -0.2) is 8.42 Å². The number of nitro benzene ring substituents is 1. The summed E-state index contributed by atoms with van der Waals surface area (Å²) in [6, 6.07) is 19.7. The van der Waals surface area contributed by atoms with Crippen LogP contribution in [-0.4, -0.2) is 13.3 Å². The standard InChI is InChI=1S/C20H17BrN2O4S/c1-14-7-12-18(13-19(14)23(24)25)28(26,27)22-20(15-5-3-2-4-6-15)16-8-10-17(21)11-9-16/h2-13,20,22H,1H3. The molecule has 0 aliphatic rings. The van der Waals surface area contributed by atoms with Gasteiger partial charge in [0.05, 0.1) is 15.9 Å². The first-order valence-electron chi connectivity index (χ1n) is 8.36. The van der Waals surface area contributed by atoms with Gasteiger partial charge in [-0.3, -0.25) is 10.1 Å². The van der Waals surface area contributed by atoms with Gasteiger partial charge in [-0.05, 0) is 36.2 Å². The molecule has 3 aromatic carbocycles. The molecule has 1 N–H and O–H groups in total. The highest BCUT2D eigenvalue weighted by Crippen LogP contribution is 2.28. The summed E-state index contributed by atoms with van der Waals surface area (Å²) in [6.07, 6.45) is 0. The number of nitro groups is 1. The molecule has 0 radical (unpaired) electrons. The fourth-order valence-corrected chi connectivity index (χ4v) is 4.30. The Bertz CT molecular complexity index is 1100. The fraction of sp³-hybridized carbons (Fsp3) is 0.100. The Hall–Kier alpha value is -2.55. The molecule has 0 saturated heterocycles. The van der Waals surface area contributed by atoms with Crippen LogP contribution in [0, 0.1) is 17.0 Å². The molecular weight excluding hydrogens is 444 g/mol. The highest BCUT2D eigenvalue weighted by atomic mass is 79.9. The maximum atomic E-state index is 13.0. The summed E-state index contributed by atoms with van der Waals surface area (Å²) in [5.74, 6) is 0. The Balaban J connectivity index is 2.04. The average Bonchev–Trinajstić information content (AvgIpc) is 2.67. The van der Waals surface area contributed by atoms with Crippen LogP contribution in [0.15, 0.2) is 82.2 Å². The van der Waals surface area contributed by atoms with Crippen molar-refractivity contribution >= 4 is 31.6 Å². The maximum absolute atomic E-state index is 13.0. The van der Waals surface area contributed by atoms with E-state index in [1.54, 1.807) is 6.92 Å². The first kappa shape index (κ1) is 20.2. The van der Waals surface area contributed by atoms with E-state index in [-0.39, 0.29) is 10.6 Å². The maximum Gasteiger partial charge on any atom is 0.273 e. The summed E-state index contributed by atoms with van der Waals surface area (Å²) < 4.78 is 29.6. The number of sulfonamides is 1. The van der Waals surface area contributed by atoms with Crippen molar-refractivity contribution < 1.29 is 13.3 Å². The average molecular weight is 461 g/mol. The van der Waals surface area contributed by atoms with Gasteiger partial charge in [-0.1, -0.05) is 64.5 Å². The monoisotopic (exact) mass is 460 g/mol. The lowest BCUT2D eigenvalue weighted by Gasteiger charge is -2.20. The molecular formula is C20H17BrN2O4S. The summed E-state index contributed by atoms with van der Waals surface area (Å²) in [5.41, 5.74) is 1.67. The Labute approximate surface area is 171 Å². The molecule has 8 heteroatoms. The predicted octanol–water partition coefficient (Wildman–Crippen LogP) is 4.73. The second kappa shape index (κ2) is 8.22. The van der Waals surface area contributed by atoms with Crippen LogP contribution >= 0.6 is 15.9 Å². The highest BCUT2D eigenvalue weighted by Gasteiger charge is 2.25. The van der Waals surface area contributed by atoms with Crippen molar-refractivity contribution in [3.05, 3.63) is 104 Å². The van der Waals surface area contributed by atoms with Gasteiger partial charge in [-0.15, -0.1) is 0 Å². The quantitative estimate of drug-likeness (QED) is 0.425. The second-order valence-electron chi connectivity index (χ2n) is 6.22. The summed E-state index contributed by atoms with van der Waals surface area (Å²) >= 11 is 3.37. The minimum Gasteiger partial charge on any atom is -0.258 e. The van der Waals surface area contributed by atoms with E-state index in [1.807, 2.05) is 54.6 Å².